The van der Waals surface area contributed by atoms with E-state index in [2.05, 4.69) is 21.7 Å². The molecule has 1 aliphatic heterocycles. The second kappa shape index (κ2) is 6.80. The van der Waals surface area contributed by atoms with Crippen LogP contribution in [0.3, 0.4) is 0 Å². The lowest BCUT2D eigenvalue weighted by Crippen LogP contribution is -2.31. The highest BCUT2D eigenvalue weighted by Crippen LogP contribution is 2.14. The second-order valence-corrected chi connectivity index (χ2v) is 4.52. The highest BCUT2D eigenvalue weighted by atomic mass is 16.7. The normalized spacial score (nSPS) is 21.6. The summed E-state index contributed by atoms with van der Waals surface area (Å²) in [5.41, 5.74) is 1.90. The predicted octanol–water partition coefficient (Wildman–Crippen LogP) is -0.818. The molecule has 6 heteroatoms. The number of nitrogens with two attached hydrogens (primary N) is 1. The Bertz CT molecular complexity index is 225. The first-order valence-electron chi connectivity index (χ1n) is 5.64. The summed E-state index contributed by atoms with van der Waals surface area (Å²) < 4.78 is 0. The SMILES string of the molecule is CN(CCC(=O)ONN)CC1CCN(C)C1. The standard InChI is InChI=1S/C10H22N4O2/c1-13-5-3-9(7-13)8-14(2)6-4-10(15)16-12-11/h9,12H,3-8,11H2,1-2H3. The van der Waals surface area contributed by atoms with E-state index in [0.29, 0.717) is 13.0 Å². The molecule has 3 N–H and O–H groups in total. The third-order valence-electron chi connectivity index (χ3n) is 2.93. The summed E-state index contributed by atoms with van der Waals surface area (Å²) in [7, 11) is 4.17. The van der Waals surface area contributed by atoms with Crippen LogP contribution in [-0.2, 0) is 9.63 Å². The molecule has 0 radical (unpaired) electrons. The van der Waals surface area contributed by atoms with Crippen LogP contribution in [0.15, 0.2) is 0 Å². The lowest BCUT2D eigenvalue weighted by molar-refractivity contribution is -0.151. The first-order chi connectivity index (χ1) is 7.61. The summed E-state index contributed by atoms with van der Waals surface area (Å²) >= 11 is 0. The van der Waals surface area contributed by atoms with Crippen LogP contribution in [0.4, 0.5) is 0 Å². The van der Waals surface area contributed by atoms with Gasteiger partial charge in [0.05, 0.1) is 6.42 Å². The first-order valence-corrected chi connectivity index (χ1v) is 5.64. The van der Waals surface area contributed by atoms with Crippen molar-refractivity contribution in [3.8, 4) is 0 Å². The van der Waals surface area contributed by atoms with Gasteiger partial charge in [-0.05, 0) is 33.0 Å². The number of nitrogens with zero attached hydrogens (tertiary/aromatic N) is 2. The lowest BCUT2D eigenvalue weighted by atomic mass is 10.1. The van der Waals surface area contributed by atoms with E-state index in [1.54, 1.807) is 0 Å². The molecule has 1 unspecified atom stereocenters. The Morgan fingerprint density at radius 1 is 1.69 bits per heavy atom. The van der Waals surface area contributed by atoms with Gasteiger partial charge >= 0.3 is 5.97 Å². The fraction of sp³-hybridized carbons (Fsp3) is 0.900. The number of nitrogens with one attached hydrogen (secondary N) is 1. The maximum absolute atomic E-state index is 11.0. The van der Waals surface area contributed by atoms with Crippen molar-refractivity contribution < 1.29 is 9.63 Å². The van der Waals surface area contributed by atoms with E-state index >= 15 is 0 Å². The van der Waals surface area contributed by atoms with Gasteiger partial charge < -0.3 is 14.6 Å². The van der Waals surface area contributed by atoms with E-state index in [9.17, 15) is 4.79 Å². The molecule has 1 heterocycles. The van der Waals surface area contributed by atoms with Crippen molar-refractivity contribution in [1.29, 1.82) is 0 Å². The van der Waals surface area contributed by atoms with E-state index in [1.807, 2.05) is 12.6 Å². The summed E-state index contributed by atoms with van der Waals surface area (Å²) in [6.45, 7) is 4.07. The average Bonchev–Trinajstić information content (AvgIpc) is 2.61. The van der Waals surface area contributed by atoms with Crippen molar-refractivity contribution in [1.82, 2.24) is 15.4 Å². The van der Waals surface area contributed by atoms with Crippen molar-refractivity contribution >= 4 is 5.97 Å². The quantitative estimate of drug-likeness (QED) is 0.459. The minimum atomic E-state index is -0.321. The topological polar surface area (TPSA) is 70.8 Å². The van der Waals surface area contributed by atoms with Crippen molar-refractivity contribution in [3.63, 3.8) is 0 Å². The van der Waals surface area contributed by atoms with E-state index in [0.717, 1.165) is 19.0 Å². The van der Waals surface area contributed by atoms with Crippen molar-refractivity contribution in [2.45, 2.75) is 12.8 Å². The van der Waals surface area contributed by atoms with E-state index < -0.39 is 0 Å². The number of hydrazine groups is 1. The molecule has 16 heavy (non-hydrogen) atoms. The fourth-order valence-electron chi connectivity index (χ4n) is 2.11. The van der Waals surface area contributed by atoms with Crippen LogP contribution >= 0.6 is 0 Å². The van der Waals surface area contributed by atoms with Crippen LogP contribution in [0.5, 0.6) is 0 Å². The second-order valence-electron chi connectivity index (χ2n) is 4.52. The molecular weight excluding hydrogens is 208 g/mol. The average molecular weight is 230 g/mol. The van der Waals surface area contributed by atoms with Crippen LogP contribution in [0.25, 0.3) is 0 Å². The molecule has 1 aliphatic rings. The number of likely N-dealkylation sites (tertiary alicyclic amines) is 1. The van der Waals surface area contributed by atoms with Gasteiger partial charge in [0.1, 0.15) is 0 Å². The molecule has 1 atom stereocenters. The molecule has 94 valence electrons. The molecule has 0 aromatic carbocycles. The lowest BCUT2D eigenvalue weighted by Gasteiger charge is -2.20. The Balaban J connectivity index is 2.11. The molecule has 1 saturated heterocycles. The number of carbonyl (C=O) groups is 1. The van der Waals surface area contributed by atoms with Crippen LogP contribution < -0.4 is 11.4 Å². The molecule has 1 rings (SSSR count). The molecule has 0 aromatic rings. The van der Waals surface area contributed by atoms with Gasteiger partial charge in [-0.3, -0.25) is 4.79 Å². The predicted molar refractivity (Wildman–Crippen MR) is 61.1 cm³/mol. The highest BCUT2D eigenvalue weighted by molar-refractivity contribution is 5.69. The molecular formula is C10H22N4O2. The van der Waals surface area contributed by atoms with Crippen molar-refractivity contribution in [3.05, 3.63) is 0 Å². The zero-order valence-corrected chi connectivity index (χ0v) is 10.1. The smallest absolute Gasteiger partial charge is 0.327 e. The molecule has 0 spiro atoms. The van der Waals surface area contributed by atoms with Crippen LogP contribution in [0.1, 0.15) is 12.8 Å². The number of rotatable bonds is 6. The third kappa shape index (κ3) is 4.89. The van der Waals surface area contributed by atoms with Gasteiger partial charge in [0.25, 0.3) is 0 Å². The number of carbonyl (C=O) groups excluding carboxylic acids is 1. The molecule has 0 aliphatic carbocycles. The summed E-state index contributed by atoms with van der Waals surface area (Å²) in [6.07, 6.45) is 1.61. The van der Waals surface area contributed by atoms with Gasteiger partial charge in [0.15, 0.2) is 0 Å². The van der Waals surface area contributed by atoms with Crippen molar-refractivity contribution in [2.75, 3.05) is 40.3 Å². The Hall–Kier alpha value is -0.690. The van der Waals surface area contributed by atoms with Crippen molar-refractivity contribution in [2.24, 2.45) is 11.8 Å². The highest BCUT2D eigenvalue weighted by Gasteiger charge is 2.20. The molecule has 0 bridgehead atoms. The van der Waals surface area contributed by atoms with Crippen LogP contribution in [-0.4, -0.2) is 56.0 Å². The summed E-state index contributed by atoms with van der Waals surface area (Å²) in [5, 5.41) is 0. The number of hydrogen-bond acceptors (Lipinski definition) is 6. The summed E-state index contributed by atoms with van der Waals surface area (Å²) in [5.74, 6) is 5.27. The van der Waals surface area contributed by atoms with Gasteiger partial charge in [-0.2, -0.15) is 0 Å². The van der Waals surface area contributed by atoms with Gasteiger partial charge in [0, 0.05) is 19.6 Å². The van der Waals surface area contributed by atoms with E-state index in [4.69, 9.17) is 5.84 Å². The van der Waals surface area contributed by atoms with E-state index in [1.165, 1.54) is 13.0 Å². The van der Waals surface area contributed by atoms with Gasteiger partial charge in [0.2, 0.25) is 0 Å². The summed E-state index contributed by atoms with van der Waals surface area (Å²) in [4.78, 5) is 20.0. The Morgan fingerprint density at radius 3 is 3.00 bits per heavy atom. The maximum Gasteiger partial charge on any atom is 0.327 e. The molecule has 6 nitrogen and oxygen atoms in total. The van der Waals surface area contributed by atoms with Crippen LogP contribution in [0, 0.1) is 5.92 Å². The molecule has 0 aromatic heterocycles. The Kier molecular flexibility index (Phi) is 5.68. The first kappa shape index (κ1) is 13.4. The number of hydrogen-bond donors (Lipinski definition) is 2. The Labute approximate surface area is 96.6 Å². The van der Waals surface area contributed by atoms with Gasteiger partial charge in [-0.1, -0.05) is 5.59 Å². The monoisotopic (exact) mass is 230 g/mol. The van der Waals surface area contributed by atoms with Gasteiger partial charge in [-0.15, -0.1) is 0 Å². The fourth-order valence-corrected chi connectivity index (χ4v) is 2.11. The summed E-state index contributed by atoms with van der Waals surface area (Å²) in [6, 6.07) is 0. The maximum atomic E-state index is 11.0. The molecule has 0 amide bonds. The zero-order valence-electron chi connectivity index (χ0n) is 10.1. The molecule has 1 fully saturated rings. The third-order valence-corrected chi connectivity index (χ3v) is 2.93. The minimum absolute atomic E-state index is 0.321. The van der Waals surface area contributed by atoms with Crippen LogP contribution in [0.2, 0.25) is 0 Å². The minimum Gasteiger partial charge on any atom is -0.356 e. The molecule has 0 saturated carbocycles. The van der Waals surface area contributed by atoms with E-state index in [-0.39, 0.29) is 5.97 Å². The largest absolute Gasteiger partial charge is 0.356 e. The van der Waals surface area contributed by atoms with Gasteiger partial charge in [-0.25, -0.2) is 5.84 Å². The Morgan fingerprint density at radius 2 is 2.44 bits per heavy atom. The zero-order chi connectivity index (χ0) is 12.0.